The van der Waals surface area contributed by atoms with E-state index in [0.29, 0.717) is 5.71 Å². The van der Waals surface area contributed by atoms with E-state index in [2.05, 4.69) is 77.5 Å². The molecule has 0 unspecified atom stereocenters. The van der Waals surface area contributed by atoms with E-state index in [1.807, 2.05) is 24.3 Å². The largest absolute Gasteiger partial charge is 0.298 e. The predicted octanol–water partition coefficient (Wildman–Crippen LogP) is 5.36. The minimum atomic E-state index is -1.29. The van der Waals surface area contributed by atoms with Gasteiger partial charge in [0.15, 0.2) is 8.96 Å². The molecular formula is C22H32N2OSi. The molecule has 26 heavy (non-hydrogen) atoms. The van der Waals surface area contributed by atoms with E-state index in [-0.39, 0.29) is 16.6 Å². The molecule has 0 saturated carbocycles. The van der Waals surface area contributed by atoms with E-state index >= 15 is 0 Å². The second-order valence-electron chi connectivity index (χ2n) is 9.25. The Bertz CT molecular complexity index is 760. The third-order valence-corrected chi connectivity index (χ3v) is 5.86. The maximum absolute atomic E-state index is 13.2. The van der Waals surface area contributed by atoms with Crippen LogP contribution in [0.2, 0.25) is 13.1 Å². The maximum atomic E-state index is 13.2. The van der Waals surface area contributed by atoms with Crippen LogP contribution in [0.25, 0.3) is 0 Å². The maximum Gasteiger partial charge on any atom is 0.209 e. The van der Waals surface area contributed by atoms with E-state index in [1.165, 1.54) is 0 Å². The van der Waals surface area contributed by atoms with E-state index in [1.54, 1.807) is 0 Å². The molecule has 0 atom stereocenters. The summed E-state index contributed by atoms with van der Waals surface area (Å²) in [6.45, 7) is 17.2. The van der Waals surface area contributed by atoms with Gasteiger partial charge in [-0.2, -0.15) is 5.10 Å². The summed E-state index contributed by atoms with van der Waals surface area (Å²) in [4.78, 5) is 13.2. The van der Waals surface area contributed by atoms with Crippen molar-refractivity contribution in [1.29, 1.82) is 0 Å². The summed E-state index contributed by atoms with van der Waals surface area (Å²) in [5, 5.41) is 4.86. The third-order valence-electron chi connectivity index (χ3n) is 4.47. The number of benzene rings is 1. The molecule has 1 aliphatic rings. The number of hydrazone groups is 1. The van der Waals surface area contributed by atoms with E-state index in [9.17, 15) is 4.79 Å². The van der Waals surface area contributed by atoms with Gasteiger partial charge in [0, 0.05) is 11.3 Å². The van der Waals surface area contributed by atoms with Crippen LogP contribution < -0.4 is 4.67 Å². The molecule has 0 aliphatic heterocycles. The molecule has 0 radical (unpaired) electrons. The molecule has 1 aliphatic carbocycles. The number of carbonyl (C=O) groups is 1. The molecule has 0 amide bonds. The van der Waals surface area contributed by atoms with Crippen LogP contribution in [0.5, 0.6) is 0 Å². The van der Waals surface area contributed by atoms with Crippen LogP contribution in [0.1, 0.15) is 41.5 Å². The number of ketones is 1. The SMILES string of the molecule is C[SiH](C)N(N=C1C=C(C(C)(C)C)C=C(C(C)(C)C)C1=O)c1ccccc1. The number of rotatable bonds is 3. The van der Waals surface area contributed by atoms with Crippen LogP contribution in [-0.4, -0.2) is 20.5 Å². The van der Waals surface area contributed by atoms with Crippen LogP contribution in [0.4, 0.5) is 5.69 Å². The van der Waals surface area contributed by atoms with Gasteiger partial charge in [0.2, 0.25) is 5.78 Å². The fourth-order valence-electron chi connectivity index (χ4n) is 2.85. The molecule has 0 saturated heterocycles. The molecule has 4 heteroatoms. The summed E-state index contributed by atoms with van der Waals surface area (Å²) in [7, 11) is -1.29. The topological polar surface area (TPSA) is 32.7 Å². The lowest BCUT2D eigenvalue weighted by Gasteiger charge is -2.31. The Balaban J connectivity index is 2.58. The Labute approximate surface area is 160 Å². The van der Waals surface area contributed by atoms with Gasteiger partial charge in [-0.1, -0.05) is 78.9 Å². The Morgan fingerprint density at radius 3 is 1.92 bits per heavy atom. The fourth-order valence-corrected chi connectivity index (χ4v) is 3.97. The normalized spacial score (nSPS) is 17.4. The highest BCUT2D eigenvalue weighted by Gasteiger charge is 2.33. The van der Waals surface area contributed by atoms with Crippen molar-refractivity contribution < 1.29 is 4.79 Å². The quantitative estimate of drug-likeness (QED) is 0.409. The van der Waals surface area contributed by atoms with Crippen molar-refractivity contribution in [2.75, 3.05) is 4.67 Å². The van der Waals surface area contributed by atoms with Gasteiger partial charge in [0.05, 0.1) is 0 Å². The first kappa shape index (κ1) is 20.4. The van der Waals surface area contributed by atoms with Crippen molar-refractivity contribution in [1.82, 2.24) is 0 Å². The van der Waals surface area contributed by atoms with Crippen molar-refractivity contribution in [2.24, 2.45) is 15.9 Å². The van der Waals surface area contributed by atoms with Crippen LogP contribution in [0.15, 0.2) is 58.7 Å². The molecule has 1 aromatic carbocycles. The van der Waals surface area contributed by atoms with E-state index in [0.717, 1.165) is 16.8 Å². The van der Waals surface area contributed by atoms with Gasteiger partial charge in [0.25, 0.3) is 0 Å². The molecule has 3 nitrogen and oxygen atoms in total. The third kappa shape index (κ3) is 4.61. The molecular weight excluding hydrogens is 336 g/mol. The highest BCUT2D eigenvalue weighted by atomic mass is 28.3. The first-order valence-corrected chi connectivity index (χ1v) is 12.2. The summed E-state index contributed by atoms with van der Waals surface area (Å²) in [5.41, 5.74) is 3.33. The van der Waals surface area contributed by atoms with Crippen molar-refractivity contribution in [3.63, 3.8) is 0 Å². The molecule has 0 aromatic heterocycles. The number of carbonyl (C=O) groups excluding carboxylic acids is 1. The average molecular weight is 369 g/mol. The first-order chi connectivity index (χ1) is 11.9. The zero-order valence-electron chi connectivity index (χ0n) is 17.4. The molecule has 2 rings (SSSR count). The second-order valence-corrected chi connectivity index (χ2v) is 11.9. The van der Waals surface area contributed by atoms with Crippen LogP contribution in [0.3, 0.4) is 0 Å². The second kappa shape index (κ2) is 7.35. The minimum absolute atomic E-state index is 0.0369. The Morgan fingerprint density at radius 2 is 1.46 bits per heavy atom. The molecule has 140 valence electrons. The Morgan fingerprint density at radius 1 is 0.885 bits per heavy atom. The Kier molecular flexibility index (Phi) is 5.76. The summed E-state index contributed by atoms with van der Waals surface area (Å²) < 4.78 is 2.07. The molecule has 0 bridgehead atoms. The number of anilines is 1. The lowest BCUT2D eigenvalue weighted by Crippen LogP contribution is -2.35. The van der Waals surface area contributed by atoms with E-state index < -0.39 is 8.96 Å². The van der Waals surface area contributed by atoms with Crippen LogP contribution >= 0.6 is 0 Å². The van der Waals surface area contributed by atoms with Gasteiger partial charge >= 0.3 is 0 Å². The smallest absolute Gasteiger partial charge is 0.209 e. The summed E-state index contributed by atoms with van der Waals surface area (Å²) in [6.07, 6.45) is 4.05. The predicted molar refractivity (Wildman–Crippen MR) is 115 cm³/mol. The number of hydrogen-bond donors (Lipinski definition) is 0. The fraction of sp³-hybridized carbons (Fsp3) is 0.455. The zero-order chi connectivity index (χ0) is 19.7. The van der Waals surface area contributed by atoms with Crippen molar-refractivity contribution in [2.45, 2.75) is 54.6 Å². The number of allylic oxidation sites excluding steroid dienone is 4. The number of Topliss-reactive ketones (excluding diaryl/α,β-unsaturated/α-hetero) is 1. The molecule has 0 fully saturated rings. The molecule has 0 heterocycles. The number of para-hydroxylation sites is 1. The lowest BCUT2D eigenvalue weighted by molar-refractivity contribution is -0.110. The highest BCUT2D eigenvalue weighted by Crippen LogP contribution is 2.36. The van der Waals surface area contributed by atoms with Crippen LogP contribution in [0, 0.1) is 10.8 Å². The zero-order valence-corrected chi connectivity index (χ0v) is 18.6. The van der Waals surface area contributed by atoms with Gasteiger partial charge in [-0.15, -0.1) is 0 Å². The monoisotopic (exact) mass is 368 g/mol. The lowest BCUT2D eigenvalue weighted by atomic mass is 9.74. The van der Waals surface area contributed by atoms with Gasteiger partial charge < -0.3 is 0 Å². The molecule has 0 N–H and O–H groups in total. The average Bonchev–Trinajstić information content (AvgIpc) is 2.52. The summed E-state index contributed by atoms with van der Waals surface area (Å²) in [5.74, 6) is 0.0427. The van der Waals surface area contributed by atoms with Gasteiger partial charge in [-0.25, -0.2) is 0 Å². The van der Waals surface area contributed by atoms with Gasteiger partial charge in [0.1, 0.15) is 5.71 Å². The number of hydrogen-bond acceptors (Lipinski definition) is 3. The van der Waals surface area contributed by atoms with Gasteiger partial charge in [-0.3, -0.25) is 9.47 Å². The summed E-state index contributed by atoms with van der Waals surface area (Å²) >= 11 is 0. The Hall–Kier alpha value is -1.94. The summed E-state index contributed by atoms with van der Waals surface area (Å²) in [6, 6.07) is 10.1. The van der Waals surface area contributed by atoms with Crippen molar-refractivity contribution in [3.8, 4) is 0 Å². The molecule has 0 spiro atoms. The van der Waals surface area contributed by atoms with Crippen molar-refractivity contribution >= 4 is 26.1 Å². The van der Waals surface area contributed by atoms with E-state index in [4.69, 9.17) is 5.10 Å². The van der Waals surface area contributed by atoms with Gasteiger partial charge in [-0.05, 0) is 34.6 Å². The van der Waals surface area contributed by atoms with Crippen molar-refractivity contribution in [3.05, 3.63) is 53.6 Å². The minimum Gasteiger partial charge on any atom is -0.298 e. The highest BCUT2D eigenvalue weighted by molar-refractivity contribution is 6.61. The van der Waals surface area contributed by atoms with Crippen LogP contribution in [-0.2, 0) is 4.79 Å². The standard InChI is InChI=1S/C22H32N2OSi/c1-21(2,3)16-14-18(22(4,5)6)20(25)19(15-16)23-24(26(7)8)17-12-10-9-11-13-17/h9-15,26H,1-8H3. The molecule has 1 aromatic rings. The first-order valence-electron chi connectivity index (χ1n) is 9.33. The number of nitrogens with zero attached hydrogens (tertiary/aromatic N) is 2.